The van der Waals surface area contributed by atoms with Gasteiger partial charge in [-0.15, -0.1) is 0 Å². The molecule has 0 radical (unpaired) electrons. The Labute approximate surface area is 109 Å². The Kier molecular flexibility index (Phi) is 2.56. The number of hydrogen-bond acceptors (Lipinski definition) is 5. The molecule has 0 aromatic carbocycles. The summed E-state index contributed by atoms with van der Waals surface area (Å²) in [6.45, 7) is 1.39. The van der Waals surface area contributed by atoms with Gasteiger partial charge >= 0.3 is 0 Å². The number of carbonyl (C=O) groups is 1. The highest BCUT2D eigenvalue weighted by Gasteiger charge is 2.29. The molecule has 96 valence electrons. The summed E-state index contributed by atoms with van der Waals surface area (Å²) in [5, 5.41) is 16.8. The summed E-state index contributed by atoms with van der Waals surface area (Å²) in [4.78, 5) is 17.1. The van der Waals surface area contributed by atoms with Crippen LogP contribution < -0.4 is 10.6 Å². The van der Waals surface area contributed by atoms with Crippen LogP contribution in [0.15, 0.2) is 12.3 Å². The molecular formula is C12H12N6O. The number of nitrogens with one attached hydrogen (secondary N) is 1. The van der Waals surface area contributed by atoms with E-state index in [1.807, 2.05) is 4.90 Å². The lowest BCUT2D eigenvalue weighted by Crippen LogP contribution is -2.46. The molecule has 19 heavy (non-hydrogen) atoms. The highest BCUT2D eigenvalue weighted by Crippen LogP contribution is 2.29. The predicted molar refractivity (Wildman–Crippen MR) is 68.1 cm³/mol. The number of fused-ring (bicyclic) bond motifs is 1. The number of rotatable bonds is 3. The van der Waals surface area contributed by atoms with E-state index >= 15 is 0 Å². The van der Waals surface area contributed by atoms with Gasteiger partial charge in [-0.05, 0) is 6.07 Å². The summed E-state index contributed by atoms with van der Waals surface area (Å²) in [5.41, 5.74) is 6.58. The van der Waals surface area contributed by atoms with Crippen molar-refractivity contribution in [3.8, 4) is 6.07 Å². The molecule has 0 unspecified atom stereocenters. The molecule has 7 nitrogen and oxygen atoms in total. The lowest BCUT2D eigenvalue weighted by atomic mass is 10.0. The third kappa shape index (κ3) is 1.97. The maximum Gasteiger partial charge on any atom is 0.223 e. The van der Waals surface area contributed by atoms with E-state index in [-0.39, 0.29) is 12.3 Å². The van der Waals surface area contributed by atoms with Crippen molar-refractivity contribution >= 4 is 22.6 Å². The van der Waals surface area contributed by atoms with Crippen LogP contribution in [0.5, 0.6) is 0 Å². The van der Waals surface area contributed by atoms with Gasteiger partial charge < -0.3 is 10.6 Å². The standard InChI is InChI=1S/C12H12N6O/c13-3-7-5-18(6-7)12-9-4-15-8(2-11(14)19)1-10(9)16-17-12/h1,4,7H,2,5-6H2,(H2,14,19)(H,16,17). The normalized spacial score (nSPS) is 15.2. The van der Waals surface area contributed by atoms with E-state index in [9.17, 15) is 4.79 Å². The number of nitrogens with two attached hydrogens (primary N) is 1. The lowest BCUT2D eigenvalue weighted by molar-refractivity contribution is -0.117. The molecule has 1 aliphatic heterocycles. The zero-order chi connectivity index (χ0) is 13.4. The van der Waals surface area contributed by atoms with Gasteiger partial charge in [-0.2, -0.15) is 10.4 Å². The number of aromatic amines is 1. The summed E-state index contributed by atoms with van der Waals surface area (Å²) in [5.74, 6) is 0.472. The minimum absolute atomic E-state index is 0.0776. The van der Waals surface area contributed by atoms with E-state index in [4.69, 9.17) is 11.0 Å². The van der Waals surface area contributed by atoms with Gasteiger partial charge in [0.2, 0.25) is 5.91 Å². The van der Waals surface area contributed by atoms with E-state index in [0.717, 1.165) is 16.7 Å². The van der Waals surface area contributed by atoms with Gasteiger partial charge in [0.25, 0.3) is 0 Å². The average Bonchev–Trinajstić information content (AvgIpc) is 2.70. The van der Waals surface area contributed by atoms with Gasteiger partial charge in [-0.3, -0.25) is 14.9 Å². The monoisotopic (exact) mass is 256 g/mol. The number of H-pyrrole nitrogens is 1. The van der Waals surface area contributed by atoms with Gasteiger partial charge in [-0.25, -0.2) is 0 Å². The molecule has 7 heteroatoms. The minimum Gasteiger partial charge on any atom is -0.369 e. The number of aromatic nitrogens is 3. The van der Waals surface area contributed by atoms with Crippen molar-refractivity contribution in [3.63, 3.8) is 0 Å². The van der Waals surface area contributed by atoms with Crippen LogP contribution >= 0.6 is 0 Å². The van der Waals surface area contributed by atoms with Crippen molar-refractivity contribution in [3.05, 3.63) is 18.0 Å². The fourth-order valence-electron chi connectivity index (χ4n) is 2.19. The Morgan fingerprint density at radius 2 is 2.42 bits per heavy atom. The van der Waals surface area contributed by atoms with Crippen LogP contribution in [0.4, 0.5) is 5.82 Å². The van der Waals surface area contributed by atoms with E-state index < -0.39 is 5.91 Å². The topological polar surface area (TPSA) is 112 Å². The molecule has 1 aliphatic rings. The quantitative estimate of drug-likeness (QED) is 0.799. The van der Waals surface area contributed by atoms with Crippen molar-refractivity contribution in [2.45, 2.75) is 6.42 Å². The molecule has 3 N–H and O–H groups in total. The first-order chi connectivity index (χ1) is 9.17. The lowest BCUT2D eigenvalue weighted by Gasteiger charge is -2.35. The highest BCUT2D eigenvalue weighted by molar-refractivity contribution is 5.90. The minimum atomic E-state index is -0.411. The van der Waals surface area contributed by atoms with Crippen molar-refractivity contribution in [2.75, 3.05) is 18.0 Å². The smallest absolute Gasteiger partial charge is 0.223 e. The second-order valence-electron chi connectivity index (χ2n) is 4.64. The number of hydrogen-bond donors (Lipinski definition) is 2. The number of nitriles is 1. The molecule has 1 fully saturated rings. The number of anilines is 1. The van der Waals surface area contributed by atoms with Gasteiger partial charge in [0, 0.05) is 19.3 Å². The fourth-order valence-corrected chi connectivity index (χ4v) is 2.19. The number of pyridine rings is 1. The second kappa shape index (κ2) is 4.24. The molecule has 0 saturated carbocycles. The van der Waals surface area contributed by atoms with E-state index in [1.165, 1.54) is 0 Å². The summed E-state index contributed by atoms with van der Waals surface area (Å²) < 4.78 is 0. The van der Waals surface area contributed by atoms with Gasteiger partial charge in [-0.1, -0.05) is 0 Å². The summed E-state index contributed by atoms with van der Waals surface area (Å²) in [6, 6.07) is 4.00. The molecule has 1 amide bonds. The first-order valence-corrected chi connectivity index (χ1v) is 5.93. The van der Waals surface area contributed by atoms with Gasteiger partial charge in [0.1, 0.15) is 0 Å². The van der Waals surface area contributed by atoms with Crippen LogP contribution in [0.3, 0.4) is 0 Å². The van der Waals surface area contributed by atoms with E-state index in [2.05, 4.69) is 21.3 Å². The number of nitrogens with zero attached hydrogens (tertiary/aromatic N) is 4. The van der Waals surface area contributed by atoms with E-state index in [1.54, 1.807) is 12.3 Å². The largest absolute Gasteiger partial charge is 0.369 e. The van der Waals surface area contributed by atoms with Crippen LogP contribution in [0.25, 0.3) is 10.9 Å². The Morgan fingerprint density at radius 1 is 1.63 bits per heavy atom. The summed E-state index contributed by atoms with van der Waals surface area (Å²) in [6.07, 6.45) is 1.80. The van der Waals surface area contributed by atoms with Crippen LogP contribution in [-0.2, 0) is 11.2 Å². The van der Waals surface area contributed by atoms with Crippen LogP contribution in [0.1, 0.15) is 5.69 Å². The molecule has 0 atom stereocenters. The maximum atomic E-state index is 10.9. The number of carbonyl (C=O) groups excluding carboxylic acids is 1. The van der Waals surface area contributed by atoms with Gasteiger partial charge in [0.15, 0.2) is 5.82 Å². The Balaban J connectivity index is 1.88. The molecule has 2 aromatic heterocycles. The van der Waals surface area contributed by atoms with Crippen LogP contribution in [0.2, 0.25) is 0 Å². The van der Waals surface area contributed by atoms with Crippen molar-refractivity contribution < 1.29 is 4.79 Å². The number of amides is 1. The zero-order valence-corrected chi connectivity index (χ0v) is 10.1. The Morgan fingerprint density at radius 3 is 3.11 bits per heavy atom. The highest BCUT2D eigenvalue weighted by atomic mass is 16.1. The predicted octanol–water partition coefficient (Wildman–Crippen LogP) is -0.0545. The fraction of sp³-hybridized carbons (Fsp3) is 0.333. The molecule has 0 bridgehead atoms. The first-order valence-electron chi connectivity index (χ1n) is 5.93. The average molecular weight is 256 g/mol. The molecule has 2 aromatic rings. The first kappa shape index (κ1) is 11.5. The second-order valence-corrected chi connectivity index (χ2v) is 4.64. The molecule has 3 rings (SSSR count). The third-order valence-electron chi connectivity index (χ3n) is 3.20. The molecule has 3 heterocycles. The Bertz CT molecular complexity index is 679. The van der Waals surface area contributed by atoms with Crippen molar-refractivity contribution in [2.24, 2.45) is 11.7 Å². The maximum absolute atomic E-state index is 10.9. The zero-order valence-electron chi connectivity index (χ0n) is 10.1. The molecule has 0 aliphatic carbocycles. The van der Waals surface area contributed by atoms with Crippen molar-refractivity contribution in [1.29, 1.82) is 5.26 Å². The molecular weight excluding hydrogens is 244 g/mol. The van der Waals surface area contributed by atoms with Crippen LogP contribution in [0, 0.1) is 17.2 Å². The summed E-state index contributed by atoms with van der Waals surface area (Å²) >= 11 is 0. The molecule has 0 spiro atoms. The van der Waals surface area contributed by atoms with Gasteiger partial charge in [0.05, 0.1) is 35.0 Å². The molecule has 1 saturated heterocycles. The van der Waals surface area contributed by atoms with Crippen molar-refractivity contribution in [1.82, 2.24) is 15.2 Å². The summed E-state index contributed by atoms with van der Waals surface area (Å²) in [7, 11) is 0. The van der Waals surface area contributed by atoms with E-state index in [0.29, 0.717) is 18.8 Å². The van der Waals surface area contributed by atoms with Crippen LogP contribution in [-0.4, -0.2) is 34.2 Å². The SMILES string of the molecule is N#CC1CN(c2n[nH]c3cc(CC(N)=O)ncc23)C1. The third-order valence-corrected chi connectivity index (χ3v) is 3.20. The Hall–Kier alpha value is -2.62. The number of primary amides is 1.